The normalized spacial score (nSPS) is 11.1. The van der Waals surface area contributed by atoms with Gasteiger partial charge in [-0.2, -0.15) is 13.7 Å². The standard InChI is InChI=1S/C14H15N3O3S/c1-10-3-4-12(9-16)17(10)14-6-5-13(7-11(14)8-15)20-21(2,18)19/h3-7H,8,15H2,1-2H3. The van der Waals surface area contributed by atoms with Crippen molar-refractivity contribution in [3.8, 4) is 17.5 Å². The van der Waals surface area contributed by atoms with Crippen molar-refractivity contribution in [2.24, 2.45) is 5.73 Å². The molecular formula is C14H15N3O3S. The number of rotatable bonds is 4. The topological polar surface area (TPSA) is 98.1 Å². The van der Waals surface area contributed by atoms with Crippen molar-refractivity contribution in [1.82, 2.24) is 4.57 Å². The van der Waals surface area contributed by atoms with Crippen molar-refractivity contribution >= 4 is 10.1 Å². The van der Waals surface area contributed by atoms with Crippen molar-refractivity contribution in [2.75, 3.05) is 6.26 Å². The van der Waals surface area contributed by atoms with E-state index in [4.69, 9.17) is 15.2 Å². The van der Waals surface area contributed by atoms with Crippen LogP contribution in [-0.2, 0) is 16.7 Å². The van der Waals surface area contributed by atoms with Crippen molar-refractivity contribution in [3.63, 3.8) is 0 Å². The molecule has 0 spiro atoms. The van der Waals surface area contributed by atoms with Crippen LogP contribution in [0.5, 0.6) is 5.75 Å². The molecule has 6 nitrogen and oxygen atoms in total. The lowest BCUT2D eigenvalue weighted by atomic mass is 10.1. The molecule has 0 saturated carbocycles. The van der Waals surface area contributed by atoms with Gasteiger partial charge in [-0.15, -0.1) is 0 Å². The molecule has 2 aromatic rings. The van der Waals surface area contributed by atoms with Gasteiger partial charge in [-0.05, 0) is 42.8 Å². The third-order valence-corrected chi connectivity index (χ3v) is 3.45. The Bertz CT molecular complexity index is 816. The van der Waals surface area contributed by atoms with Gasteiger partial charge in [0.05, 0.1) is 11.9 Å². The number of aromatic nitrogens is 1. The molecule has 1 heterocycles. The summed E-state index contributed by atoms with van der Waals surface area (Å²) in [5.41, 5.74) is 8.52. The summed E-state index contributed by atoms with van der Waals surface area (Å²) in [6, 6.07) is 10.5. The molecule has 21 heavy (non-hydrogen) atoms. The van der Waals surface area contributed by atoms with Gasteiger partial charge >= 0.3 is 10.1 Å². The highest BCUT2D eigenvalue weighted by atomic mass is 32.2. The number of hydrogen-bond donors (Lipinski definition) is 1. The highest BCUT2D eigenvalue weighted by molar-refractivity contribution is 7.86. The Morgan fingerprint density at radius 1 is 1.33 bits per heavy atom. The number of aryl methyl sites for hydroxylation is 1. The average Bonchev–Trinajstić information content (AvgIpc) is 2.78. The number of nitrogens with two attached hydrogens (primary N) is 1. The van der Waals surface area contributed by atoms with Crippen LogP contribution in [-0.4, -0.2) is 19.2 Å². The molecule has 0 aliphatic rings. The lowest BCUT2D eigenvalue weighted by molar-refractivity contribution is 0.492. The Balaban J connectivity index is 2.56. The van der Waals surface area contributed by atoms with Crippen LogP contribution in [0.15, 0.2) is 30.3 Å². The summed E-state index contributed by atoms with van der Waals surface area (Å²) in [5, 5.41) is 9.16. The molecule has 0 bridgehead atoms. The van der Waals surface area contributed by atoms with Gasteiger partial charge in [-0.1, -0.05) is 0 Å². The first-order valence-corrected chi connectivity index (χ1v) is 7.98. The number of hydrogen-bond acceptors (Lipinski definition) is 5. The third kappa shape index (κ3) is 3.24. The van der Waals surface area contributed by atoms with E-state index in [1.54, 1.807) is 22.8 Å². The Morgan fingerprint density at radius 3 is 2.62 bits per heavy atom. The highest BCUT2D eigenvalue weighted by Gasteiger charge is 2.13. The molecule has 0 aliphatic heterocycles. The molecule has 7 heteroatoms. The summed E-state index contributed by atoms with van der Waals surface area (Å²) in [5.74, 6) is 0.199. The molecule has 0 unspecified atom stereocenters. The fourth-order valence-electron chi connectivity index (χ4n) is 2.12. The molecule has 0 atom stereocenters. The Labute approximate surface area is 123 Å². The van der Waals surface area contributed by atoms with Gasteiger partial charge < -0.3 is 14.5 Å². The number of benzene rings is 1. The molecule has 0 fully saturated rings. The van der Waals surface area contributed by atoms with E-state index >= 15 is 0 Å². The number of nitrogens with zero attached hydrogens (tertiary/aromatic N) is 2. The summed E-state index contributed by atoms with van der Waals surface area (Å²) < 4.78 is 28.9. The van der Waals surface area contributed by atoms with Crippen LogP contribution in [0.25, 0.3) is 5.69 Å². The second-order valence-electron chi connectivity index (χ2n) is 4.59. The third-order valence-electron chi connectivity index (χ3n) is 2.95. The van der Waals surface area contributed by atoms with E-state index in [1.807, 2.05) is 13.0 Å². The summed E-state index contributed by atoms with van der Waals surface area (Å²) in [7, 11) is -3.59. The molecule has 2 N–H and O–H groups in total. The summed E-state index contributed by atoms with van der Waals surface area (Å²) >= 11 is 0. The first-order valence-electron chi connectivity index (χ1n) is 6.17. The maximum atomic E-state index is 11.2. The van der Waals surface area contributed by atoms with E-state index in [-0.39, 0.29) is 12.3 Å². The molecule has 0 amide bonds. The number of nitriles is 1. The Kier molecular flexibility index (Phi) is 4.02. The minimum Gasteiger partial charge on any atom is -0.383 e. The molecule has 1 aromatic heterocycles. The fourth-order valence-corrected chi connectivity index (χ4v) is 2.57. The predicted octanol–water partition coefficient (Wildman–Crippen LogP) is 1.45. The fraction of sp³-hybridized carbons (Fsp3) is 0.214. The van der Waals surface area contributed by atoms with E-state index in [1.165, 1.54) is 6.07 Å². The second kappa shape index (κ2) is 5.60. The van der Waals surface area contributed by atoms with Gasteiger partial charge in [0, 0.05) is 12.2 Å². The van der Waals surface area contributed by atoms with Crippen molar-refractivity contribution < 1.29 is 12.6 Å². The maximum Gasteiger partial charge on any atom is 0.306 e. The smallest absolute Gasteiger partial charge is 0.306 e. The van der Waals surface area contributed by atoms with E-state index < -0.39 is 10.1 Å². The van der Waals surface area contributed by atoms with Crippen LogP contribution in [0.1, 0.15) is 17.0 Å². The largest absolute Gasteiger partial charge is 0.383 e. The summed E-state index contributed by atoms with van der Waals surface area (Å²) in [4.78, 5) is 0. The first-order chi connectivity index (χ1) is 9.85. The van der Waals surface area contributed by atoms with Crippen molar-refractivity contribution in [3.05, 3.63) is 47.3 Å². The average molecular weight is 305 g/mol. The van der Waals surface area contributed by atoms with Gasteiger partial charge in [-0.25, -0.2) is 0 Å². The van der Waals surface area contributed by atoms with Crippen LogP contribution >= 0.6 is 0 Å². The zero-order valence-electron chi connectivity index (χ0n) is 11.7. The van der Waals surface area contributed by atoms with E-state index in [9.17, 15) is 8.42 Å². The van der Waals surface area contributed by atoms with Crippen LogP contribution < -0.4 is 9.92 Å². The maximum absolute atomic E-state index is 11.2. The zero-order valence-corrected chi connectivity index (χ0v) is 12.5. The van der Waals surface area contributed by atoms with Gasteiger partial charge in [-0.3, -0.25) is 0 Å². The molecule has 110 valence electrons. The van der Waals surface area contributed by atoms with Gasteiger partial charge in [0.15, 0.2) is 0 Å². The predicted molar refractivity (Wildman–Crippen MR) is 78.6 cm³/mol. The van der Waals surface area contributed by atoms with E-state index in [0.717, 1.165) is 17.6 Å². The van der Waals surface area contributed by atoms with Crippen molar-refractivity contribution in [2.45, 2.75) is 13.5 Å². The summed E-state index contributed by atoms with van der Waals surface area (Å²) in [6.07, 6.45) is 0.979. The van der Waals surface area contributed by atoms with Crippen LogP contribution in [0, 0.1) is 18.3 Å². The molecule has 0 radical (unpaired) electrons. The molecule has 0 saturated heterocycles. The summed E-state index contributed by atoms with van der Waals surface area (Å²) in [6.45, 7) is 2.07. The zero-order chi connectivity index (χ0) is 15.6. The Hall–Kier alpha value is -2.30. The van der Waals surface area contributed by atoms with Gasteiger partial charge in [0.1, 0.15) is 17.5 Å². The van der Waals surface area contributed by atoms with Crippen LogP contribution in [0.2, 0.25) is 0 Å². The first kappa shape index (κ1) is 15.1. The second-order valence-corrected chi connectivity index (χ2v) is 6.16. The Morgan fingerprint density at radius 2 is 2.05 bits per heavy atom. The minimum absolute atomic E-state index is 0.193. The van der Waals surface area contributed by atoms with Crippen LogP contribution in [0.3, 0.4) is 0 Å². The SMILES string of the molecule is Cc1ccc(C#N)n1-c1ccc(OS(C)(=O)=O)cc1CN. The minimum atomic E-state index is -3.59. The quantitative estimate of drug-likeness (QED) is 0.862. The van der Waals surface area contributed by atoms with E-state index in [0.29, 0.717) is 11.3 Å². The lowest BCUT2D eigenvalue weighted by Crippen LogP contribution is -2.10. The van der Waals surface area contributed by atoms with Gasteiger partial charge in [0.2, 0.25) is 0 Å². The van der Waals surface area contributed by atoms with Crippen molar-refractivity contribution in [1.29, 1.82) is 5.26 Å². The van der Waals surface area contributed by atoms with Gasteiger partial charge in [0.25, 0.3) is 0 Å². The molecule has 0 aliphatic carbocycles. The molecule has 1 aromatic carbocycles. The highest BCUT2D eigenvalue weighted by Crippen LogP contribution is 2.25. The lowest BCUT2D eigenvalue weighted by Gasteiger charge is -2.14. The van der Waals surface area contributed by atoms with E-state index in [2.05, 4.69) is 6.07 Å². The molecular weight excluding hydrogens is 290 g/mol. The molecule has 2 rings (SSSR count). The van der Waals surface area contributed by atoms with Crippen LogP contribution in [0.4, 0.5) is 0 Å². The monoisotopic (exact) mass is 305 g/mol.